The molecule has 0 spiro atoms. The third-order valence-electron chi connectivity index (χ3n) is 9.88. The van der Waals surface area contributed by atoms with Crippen molar-refractivity contribution in [1.29, 1.82) is 0 Å². The highest BCUT2D eigenvalue weighted by Gasteiger charge is 2.67. The van der Waals surface area contributed by atoms with E-state index in [2.05, 4.69) is 0 Å². The van der Waals surface area contributed by atoms with E-state index in [0.29, 0.717) is 11.1 Å². The van der Waals surface area contributed by atoms with Crippen LogP contribution in [0.5, 0.6) is 5.75 Å². The average molecular weight is 609 g/mol. The molecule has 1 saturated carbocycles. The molecule has 2 N–H and O–H groups in total. The van der Waals surface area contributed by atoms with Gasteiger partial charge in [-0.15, -0.1) is 0 Å². The Labute approximate surface area is 251 Å². The van der Waals surface area contributed by atoms with E-state index in [-0.39, 0.29) is 54.6 Å². The van der Waals surface area contributed by atoms with Gasteiger partial charge in [0.15, 0.2) is 0 Å². The number of amides is 4. The number of carboxylic acids is 1. The maximum Gasteiger partial charge on any atom is 0.303 e. The Morgan fingerprint density at radius 3 is 2.53 bits per heavy atom. The lowest BCUT2D eigenvalue weighted by molar-refractivity contribution is -0.142. The molecule has 224 valence electrons. The van der Waals surface area contributed by atoms with Crippen LogP contribution < -0.4 is 4.90 Å². The molecule has 2 aliphatic heterocycles. The summed E-state index contributed by atoms with van der Waals surface area (Å²) in [5.41, 5.74) is 0.484. The lowest BCUT2D eigenvalue weighted by Crippen LogP contribution is -2.49. The van der Waals surface area contributed by atoms with E-state index >= 15 is 0 Å². The van der Waals surface area contributed by atoms with Gasteiger partial charge >= 0.3 is 5.97 Å². The van der Waals surface area contributed by atoms with E-state index in [1.54, 1.807) is 32.0 Å². The smallest absolute Gasteiger partial charge is 0.303 e. The fourth-order valence-corrected chi connectivity index (χ4v) is 7.99. The Kier molecular flexibility index (Phi) is 6.95. The first-order chi connectivity index (χ1) is 20.4. The number of anilines is 1. The summed E-state index contributed by atoms with van der Waals surface area (Å²) in [6.07, 6.45) is 2.17. The van der Waals surface area contributed by atoms with Crippen molar-refractivity contribution >= 4 is 46.9 Å². The summed E-state index contributed by atoms with van der Waals surface area (Å²) in [5.74, 6) is -7.31. The molecule has 0 radical (unpaired) electrons. The van der Waals surface area contributed by atoms with E-state index in [0.717, 1.165) is 21.4 Å². The van der Waals surface area contributed by atoms with Gasteiger partial charge < -0.3 is 10.2 Å². The topological polar surface area (TPSA) is 132 Å². The minimum atomic E-state index is -1.37. The highest BCUT2D eigenvalue weighted by atomic mass is 35.5. The number of aryl methyl sites for hydroxylation is 1. The number of carbonyl (C=O) groups excluding carboxylic acids is 4. The molecule has 11 heteroatoms. The van der Waals surface area contributed by atoms with Gasteiger partial charge in [0.1, 0.15) is 11.6 Å². The van der Waals surface area contributed by atoms with Crippen LogP contribution in [0.25, 0.3) is 0 Å². The molecule has 3 fully saturated rings. The number of fused-ring (bicyclic) bond motifs is 4. The standard InChI is InChI=1S/C32H30ClFN2O7/c1-15-5-3-6-19(27(15)39)26-17-9-10-18-25(30(42)35(28(18)40)12-4-7-24(37)38)20(17)14-21-29(41)36(31(43)32(21,26)2)16-8-11-23(34)22(33)13-16/h3,5-6,8-9,11,13,18,20-21,25-26,39H,4,7,10,12,14H2,1-2H3,(H,37,38). The maximum atomic E-state index is 14.4. The van der Waals surface area contributed by atoms with Crippen LogP contribution in [0.2, 0.25) is 5.02 Å². The molecule has 2 heterocycles. The van der Waals surface area contributed by atoms with Crippen molar-refractivity contribution in [1.82, 2.24) is 4.90 Å². The van der Waals surface area contributed by atoms with Crippen LogP contribution in [0.1, 0.15) is 49.7 Å². The van der Waals surface area contributed by atoms with E-state index in [4.69, 9.17) is 16.7 Å². The number of nitrogens with zero attached hydrogens (tertiary/aromatic N) is 2. The number of carboxylic acid groups (broad SMARTS) is 1. The van der Waals surface area contributed by atoms with Crippen molar-refractivity contribution < 1.29 is 38.6 Å². The minimum absolute atomic E-state index is 0.0151. The molecule has 6 unspecified atom stereocenters. The van der Waals surface area contributed by atoms with Crippen LogP contribution in [0.15, 0.2) is 48.0 Å². The van der Waals surface area contributed by atoms with Gasteiger partial charge in [-0.05, 0) is 62.8 Å². The molecule has 6 atom stereocenters. The normalized spacial score (nSPS) is 29.9. The van der Waals surface area contributed by atoms with Gasteiger partial charge in [0.05, 0.1) is 33.9 Å². The summed E-state index contributed by atoms with van der Waals surface area (Å²) in [5, 5.41) is 20.1. The summed E-state index contributed by atoms with van der Waals surface area (Å²) in [6.45, 7) is 3.41. The second kappa shape index (κ2) is 10.3. The highest BCUT2D eigenvalue weighted by Crippen LogP contribution is 2.64. The lowest BCUT2D eigenvalue weighted by atomic mass is 9.51. The second-order valence-corrected chi connectivity index (χ2v) is 12.5. The second-order valence-electron chi connectivity index (χ2n) is 12.1. The van der Waals surface area contributed by atoms with Crippen molar-refractivity contribution in [2.75, 3.05) is 11.4 Å². The monoisotopic (exact) mass is 608 g/mol. The molecular weight excluding hydrogens is 579 g/mol. The van der Waals surface area contributed by atoms with Crippen LogP contribution >= 0.6 is 11.6 Å². The number of allylic oxidation sites excluding steroid dienone is 2. The van der Waals surface area contributed by atoms with Crippen molar-refractivity contribution in [3.8, 4) is 5.75 Å². The number of halogens is 2. The summed E-state index contributed by atoms with van der Waals surface area (Å²) in [4.78, 5) is 68.9. The summed E-state index contributed by atoms with van der Waals surface area (Å²) in [7, 11) is 0. The number of likely N-dealkylation sites (tertiary alicyclic amines) is 1. The molecule has 4 aliphatic rings. The average Bonchev–Trinajstić information content (AvgIpc) is 3.31. The van der Waals surface area contributed by atoms with Gasteiger partial charge in [0.25, 0.3) is 0 Å². The highest BCUT2D eigenvalue weighted by molar-refractivity contribution is 6.31. The zero-order valence-electron chi connectivity index (χ0n) is 23.5. The van der Waals surface area contributed by atoms with Crippen molar-refractivity contribution in [2.24, 2.45) is 29.1 Å². The Balaban J connectivity index is 1.47. The lowest BCUT2D eigenvalue weighted by Gasteiger charge is -2.49. The predicted octanol–water partition coefficient (Wildman–Crippen LogP) is 4.59. The molecule has 2 aromatic carbocycles. The quantitative estimate of drug-likeness (QED) is 0.362. The van der Waals surface area contributed by atoms with Crippen LogP contribution in [0.4, 0.5) is 10.1 Å². The molecular formula is C32H30ClFN2O7. The van der Waals surface area contributed by atoms with Gasteiger partial charge in [-0.3, -0.25) is 28.9 Å². The fourth-order valence-electron chi connectivity index (χ4n) is 7.82. The number of hydrogen-bond donors (Lipinski definition) is 2. The molecule has 6 rings (SSSR count). The third kappa shape index (κ3) is 4.21. The van der Waals surface area contributed by atoms with E-state index in [1.807, 2.05) is 6.08 Å². The molecule has 2 aromatic rings. The van der Waals surface area contributed by atoms with Crippen LogP contribution in [0.3, 0.4) is 0 Å². The van der Waals surface area contributed by atoms with Gasteiger partial charge in [-0.2, -0.15) is 0 Å². The molecule has 0 aromatic heterocycles. The van der Waals surface area contributed by atoms with Crippen LogP contribution in [0, 0.1) is 41.8 Å². The van der Waals surface area contributed by atoms with Crippen molar-refractivity contribution in [3.63, 3.8) is 0 Å². The molecule has 2 saturated heterocycles. The fraction of sp³-hybridized carbons (Fsp3) is 0.406. The number of imide groups is 2. The number of aliphatic carboxylic acids is 1. The third-order valence-corrected chi connectivity index (χ3v) is 10.2. The number of benzene rings is 2. The van der Waals surface area contributed by atoms with E-state index < -0.39 is 64.5 Å². The maximum absolute atomic E-state index is 14.4. The SMILES string of the molecule is Cc1cccc(C2C3=CCC4C(=O)N(CCCC(=O)O)C(=O)C4C3CC3C(=O)N(c4ccc(F)c(Cl)c4)C(=O)C32C)c1O. The Morgan fingerprint density at radius 2 is 1.84 bits per heavy atom. The van der Waals surface area contributed by atoms with Gasteiger partial charge in [0.2, 0.25) is 23.6 Å². The van der Waals surface area contributed by atoms with Gasteiger partial charge in [-0.25, -0.2) is 9.29 Å². The minimum Gasteiger partial charge on any atom is -0.507 e. The van der Waals surface area contributed by atoms with Gasteiger partial charge in [0, 0.05) is 24.4 Å². The summed E-state index contributed by atoms with van der Waals surface area (Å²) < 4.78 is 14.0. The zero-order valence-corrected chi connectivity index (χ0v) is 24.3. The zero-order chi connectivity index (χ0) is 31.0. The predicted molar refractivity (Wildman–Crippen MR) is 152 cm³/mol. The van der Waals surface area contributed by atoms with Crippen LogP contribution in [-0.4, -0.2) is 51.3 Å². The summed E-state index contributed by atoms with van der Waals surface area (Å²) >= 11 is 6.02. The largest absolute Gasteiger partial charge is 0.507 e. The number of para-hydroxylation sites is 1. The van der Waals surface area contributed by atoms with E-state index in [9.17, 15) is 33.5 Å². The first kappa shape index (κ1) is 29.0. The van der Waals surface area contributed by atoms with Crippen molar-refractivity contribution in [2.45, 2.75) is 45.4 Å². The van der Waals surface area contributed by atoms with Gasteiger partial charge in [-0.1, -0.05) is 41.4 Å². The number of phenolic OH excluding ortho intramolecular Hbond substituents is 1. The Morgan fingerprint density at radius 1 is 1.09 bits per heavy atom. The Bertz CT molecular complexity index is 1640. The summed E-state index contributed by atoms with van der Waals surface area (Å²) in [6, 6.07) is 8.82. The van der Waals surface area contributed by atoms with Crippen LogP contribution in [-0.2, 0) is 24.0 Å². The number of phenols is 1. The molecule has 2 aliphatic carbocycles. The number of rotatable bonds is 6. The first-order valence-corrected chi connectivity index (χ1v) is 14.6. The number of aromatic hydroxyl groups is 1. The Hall–Kier alpha value is -4.05. The number of hydrogen-bond acceptors (Lipinski definition) is 6. The molecule has 4 amide bonds. The molecule has 0 bridgehead atoms. The van der Waals surface area contributed by atoms with Crippen molar-refractivity contribution in [3.05, 3.63) is 70.0 Å². The van der Waals surface area contributed by atoms with E-state index in [1.165, 1.54) is 12.1 Å². The first-order valence-electron chi connectivity index (χ1n) is 14.3. The molecule has 9 nitrogen and oxygen atoms in total. The molecule has 43 heavy (non-hydrogen) atoms. The number of carbonyl (C=O) groups is 5.